The lowest BCUT2D eigenvalue weighted by Crippen LogP contribution is -2.41. The van der Waals surface area contributed by atoms with Crippen molar-refractivity contribution < 1.29 is 9.90 Å². The number of rotatable bonds is 5. The highest BCUT2D eigenvalue weighted by atomic mass is 32.1. The Hall–Kier alpha value is -0.980. The van der Waals surface area contributed by atoms with Crippen LogP contribution in [0.25, 0.3) is 0 Å². The number of aromatic nitrogens is 1. The van der Waals surface area contributed by atoms with Crippen LogP contribution >= 0.6 is 11.3 Å². The number of carbonyl (C=O) groups is 1. The summed E-state index contributed by atoms with van der Waals surface area (Å²) in [4.78, 5) is 16.3. The van der Waals surface area contributed by atoms with Gasteiger partial charge >= 0.3 is 0 Å². The maximum atomic E-state index is 11.8. The molecule has 1 saturated heterocycles. The van der Waals surface area contributed by atoms with E-state index in [2.05, 4.69) is 34.8 Å². The molecule has 5 nitrogen and oxygen atoms in total. The largest absolute Gasteiger partial charge is 0.392 e. The first-order valence-corrected chi connectivity index (χ1v) is 7.57. The number of hydrogen-bond acceptors (Lipinski definition) is 5. The Bertz CT molecular complexity index is 433. The molecule has 1 aliphatic heterocycles. The number of aliphatic hydroxyl groups excluding tert-OH is 1. The Balaban J connectivity index is 1.72. The zero-order valence-corrected chi connectivity index (χ0v) is 12.2. The molecule has 2 atom stereocenters. The molecule has 3 N–H and O–H groups in total. The molecular formula is C13H21N3O2S. The zero-order chi connectivity index (χ0) is 13.8. The molecule has 1 aliphatic rings. The van der Waals surface area contributed by atoms with Crippen LogP contribution in [0.15, 0.2) is 5.38 Å². The van der Waals surface area contributed by atoms with Crippen LogP contribution in [0.2, 0.25) is 0 Å². The van der Waals surface area contributed by atoms with Crippen LogP contribution in [0.3, 0.4) is 0 Å². The lowest BCUT2D eigenvalue weighted by atomic mass is 10.2. The number of hydrogen-bond donors (Lipinski definition) is 3. The Kier molecular flexibility index (Phi) is 4.90. The van der Waals surface area contributed by atoms with E-state index in [1.165, 1.54) is 0 Å². The first-order chi connectivity index (χ1) is 9.06. The molecule has 0 aliphatic carbocycles. The van der Waals surface area contributed by atoms with Crippen molar-refractivity contribution in [2.75, 3.05) is 13.1 Å². The predicted molar refractivity (Wildman–Crippen MR) is 75.3 cm³/mol. The normalized spacial score (nSPS) is 22.9. The van der Waals surface area contributed by atoms with E-state index in [9.17, 15) is 9.90 Å². The van der Waals surface area contributed by atoms with Crippen molar-refractivity contribution >= 4 is 17.2 Å². The molecule has 19 heavy (non-hydrogen) atoms. The maximum absolute atomic E-state index is 11.8. The minimum Gasteiger partial charge on any atom is -0.392 e. The molecule has 1 fully saturated rings. The van der Waals surface area contributed by atoms with Crippen molar-refractivity contribution in [1.82, 2.24) is 15.6 Å². The SMILES string of the molecule is CC(C)c1nc(CCNC(=O)C2CC(O)CN2)cs1. The summed E-state index contributed by atoms with van der Waals surface area (Å²) in [5.41, 5.74) is 1.04. The highest BCUT2D eigenvalue weighted by molar-refractivity contribution is 7.09. The maximum Gasteiger partial charge on any atom is 0.237 e. The third-order valence-electron chi connectivity index (χ3n) is 3.17. The molecule has 106 valence electrons. The summed E-state index contributed by atoms with van der Waals surface area (Å²) in [6, 6.07) is -0.253. The van der Waals surface area contributed by atoms with Gasteiger partial charge in [0.05, 0.1) is 22.8 Å². The van der Waals surface area contributed by atoms with Crippen molar-refractivity contribution in [2.24, 2.45) is 0 Å². The first kappa shape index (κ1) is 14.4. The predicted octanol–water partition coefficient (Wildman–Crippen LogP) is 0.648. The fourth-order valence-corrected chi connectivity index (χ4v) is 2.93. The van der Waals surface area contributed by atoms with Gasteiger partial charge in [-0.1, -0.05) is 13.8 Å². The highest BCUT2D eigenvalue weighted by Gasteiger charge is 2.27. The van der Waals surface area contributed by atoms with Gasteiger partial charge in [0, 0.05) is 30.8 Å². The Morgan fingerprint density at radius 2 is 2.47 bits per heavy atom. The third kappa shape index (κ3) is 3.99. The monoisotopic (exact) mass is 283 g/mol. The molecule has 0 radical (unpaired) electrons. The van der Waals surface area contributed by atoms with Gasteiger partial charge in [-0.15, -0.1) is 11.3 Å². The van der Waals surface area contributed by atoms with Gasteiger partial charge in [-0.3, -0.25) is 4.79 Å². The van der Waals surface area contributed by atoms with E-state index in [4.69, 9.17) is 0 Å². The summed E-state index contributed by atoms with van der Waals surface area (Å²) in [6.45, 7) is 5.35. The number of carbonyl (C=O) groups excluding carboxylic acids is 1. The van der Waals surface area contributed by atoms with Crippen molar-refractivity contribution in [3.05, 3.63) is 16.1 Å². The number of amides is 1. The number of aliphatic hydroxyl groups is 1. The lowest BCUT2D eigenvalue weighted by molar-refractivity contribution is -0.122. The van der Waals surface area contributed by atoms with Crippen molar-refractivity contribution in [2.45, 2.75) is 44.8 Å². The summed E-state index contributed by atoms with van der Waals surface area (Å²) in [7, 11) is 0. The standard InChI is InChI=1S/C13H21N3O2S/c1-8(2)13-16-9(7-19-13)3-4-14-12(18)11-5-10(17)6-15-11/h7-8,10-11,15,17H,3-6H2,1-2H3,(H,14,18). The molecule has 0 aromatic carbocycles. The summed E-state index contributed by atoms with van der Waals surface area (Å²) >= 11 is 1.67. The van der Waals surface area contributed by atoms with E-state index in [0.29, 0.717) is 25.4 Å². The van der Waals surface area contributed by atoms with Gasteiger partial charge in [-0.05, 0) is 6.42 Å². The molecule has 1 aromatic heterocycles. The minimum absolute atomic E-state index is 0.0316. The van der Waals surface area contributed by atoms with Crippen LogP contribution in [-0.4, -0.2) is 41.2 Å². The van der Waals surface area contributed by atoms with Crippen LogP contribution < -0.4 is 10.6 Å². The smallest absolute Gasteiger partial charge is 0.237 e. The van der Waals surface area contributed by atoms with E-state index in [0.717, 1.165) is 17.1 Å². The molecule has 6 heteroatoms. The summed E-state index contributed by atoms with van der Waals surface area (Å²) in [6.07, 6.45) is 0.854. The Morgan fingerprint density at radius 3 is 3.05 bits per heavy atom. The molecule has 2 unspecified atom stereocenters. The van der Waals surface area contributed by atoms with Crippen molar-refractivity contribution in [3.63, 3.8) is 0 Å². The number of β-amino-alcohol motifs (C(OH)–C–C–N with tert-alkyl or cyclic N) is 1. The number of nitrogens with one attached hydrogen (secondary N) is 2. The van der Waals surface area contributed by atoms with Gasteiger partial charge in [-0.2, -0.15) is 0 Å². The third-order valence-corrected chi connectivity index (χ3v) is 4.36. The van der Waals surface area contributed by atoms with Gasteiger partial charge < -0.3 is 15.7 Å². The Labute approximate surface area is 117 Å². The average Bonchev–Trinajstić information content (AvgIpc) is 2.98. The highest BCUT2D eigenvalue weighted by Crippen LogP contribution is 2.19. The van der Waals surface area contributed by atoms with E-state index < -0.39 is 6.10 Å². The van der Waals surface area contributed by atoms with Crippen LogP contribution in [-0.2, 0) is 11.2 Å². The van der Waals surface area contributed by atoms with Crippen molar-refractivity contribution in [1.29, 1.82) is 0 Å². The molecule has 1 amide bonds. The van der Waals surface area contributed by atoms with Crippen LogP contribution in [0.1, 0.15) is 36.9 Å². The van der Waals surface area contributed by atoms with E-state index >= 15 is 0 Å². The Morgan fingerprint density at radius 1 is 1.68 bits per heavy atom. The number of nitrogens with zero attached hydrogens (tertiary/aromatic N) is 1. The van der Waals surface area contributed by atoms with Gasteiger partial charge in [0.2, 0.25) is 5.91 Å². The summed E-state index contributed by atoms with van der Waals surface area (Å²) < 4.78 is 0. The van der Waals surface area contributed by atoms with Crippen LogP contribution in [0.5, 0.6) is 0 Å². The van der Waals surface area contributed by atoms with Crippen LogP contribution in [0, 0.1) is 0 Å². The second-order valence-electron chi connectivity index (χ2n) is 5.22. The van der Waals surface area contributed by atoms with E-state index in [1.807, 2.05) is 0 Å². The van der Waals surface area contributed by atoms with Gasteiger partial charge in [-0.25, -0.2) is 4.98 Å². The molecule has 0 spiro atoms. The molecular weight excluding hydrogens is 262 g/mol. The van der Waals surface area contributed by atoms with Crippen LogP contribution in [0.4, 0.5) is 0 Å². The molecule has 2 rings (SSSR count). The van der Waals surface area contributed by atoms with Gasteiger partial charge in [0.15, 0.2) is 0 Å². The topological polar surface area (TPSA) is 74.2 Å². The molecule has 0 saturated carbocycles. The van der Waals surface area contributed by atoms with Crippen molar-refractivity contribution in [3.8, 4) is 0 Å². The first-order valence-electron chi connectivity index (χ1n) is 6.69. The average molecular weight is 283 g/mol. The second kappa shape index (κ2) is 6.45. The van der Waals surface area contributed by atoms with E-state index in [1.54, 1.807) is 11.3 Å². The molecule has 1 aromatic rings. The fraction of sp³-hybridized carbons (Fsp3) is 0.692. The molecule has 2 heterocycles. The zero-order valence-electron chi connectivity index (χ0n) is 11.3. The summed E-state index contributed by atoms with van der Waals surface area (Å²) in [5.74, 6) is 0.424. The fourth-order valence-electron chi connectivity index (χ4n) is 2.06. The second-order valence-corrected chi connectivity index (χ2v) is 6.11. The number of thiazole rings is 1. The van der Waals surface area contributed by atoms with Gasteiger partial charge in [0.25, 0.3) is 0 Å². The van der Waals surface area contributed by atoms with E-state index in [-0.39, 0.29) is 11.9 Å². The summed E-state index contributed by atoms with van der Waals surface area (Å²) in [5, 5.41) is 18.4. The van der Waals surface area contributed by atoms with Gasteiger partial charge in [0.1, 0.15) is 0 Å². The quantitative estimate of drug-likeness (QED) is 0.742. The minimum atomic E-state index is -0.400. The lowest BCUT2D eigenvalue weighted by Gasteiger charge is -2.10. The molecule has 0 bridgehead atoms.